The van der Waals surface area contributed by atoms with Gasteiger partial charge < -0.3 is 5.32 Å². The molecule has 0 aromatic heterocycles. The van der Waals surface area contributed by atoms with Crippen LogP contribution in [0.2, 0.25) is 0 Å². The molecule has 1 aliphatic rings. The van der Waals surface area contributed by atoms with Gasteiger partial charge in [-0.2, -0.15) is 0 Å². The lowest BCUT2D eigenvalue weighted by molar-refractivity contribution is -0.118. The first-order chi connectivity index (χ1) is 14.9. The topological polar surface area (TPSA) is 109 Å². The predicted molar refractivity (Wildman–Crippen MR) is 125 cm³/mol. The summed E-state index contributed by atoms with van der Waals surface area (Å²) in [6.07, 6.45) is 1.80. The fourth-order valence-corrected chi connectivity index (χ4v) is 7.74. The van der Waals surface area contributed by atoms with Crippen molar-refractivity contribution in [3.8, 4) is 0 Å². The second-order valence-corrected chi connectivity index (χ2v) is 12.7. The van der Waals surface area contributed by atoms with Gasteiger partial charge in [0, 0.05) is 11.7 Å². The molecule has 0 atom stereocenters. The standard InChI is InChI=1S/C23H30N2O5S2/c1-16(2)25-32(29,30)20-11-9-19(10-12-20)24-22(26)23(13-5-6-14-23)31(27,28)21-15-17(3)7-8-18(21)4/h7-12,15-16,25H,5-6,13-14H2,1-4H3,(H,24,26). The first-order valence-corrected chi connectivity index (χ1v) is 13.6. The molecule has 0 heterocycles. The van der Waals surface area contributed by atoms with Crippen LogP contribution in [0.5, 0.6) is 0 Å². The number of rotatable bonds is 7. The molecule has 2 aromatic rings. The maximum atomic E-state index is 13.7. The Morgan fingerprint density at radius 1 is 0.938 bits per heavy atom. The van der Waals surface area contributed by atoms with Crippen molar-refractivity contribution in [2.75, 3.05) is 5.32 Å². The smallest absolute Gasteiger partial charge is 0.246 e. The third kappa shape index (κ3) is 4.60. The molecule has 1 fully saturated rings. The Bertz CT molecular complexity index is 1210. The Morgan fingerprint density at radius 2 is 1.53 bits per heavy atom. The summed E-state index contributed by atoms with van der Waals surface area (Å²) < 4.78 is 53.0. The fourth-order valence-electron chi connectivity index (χ4n) is 4.11. The SMILES string of the molecule is Cc1ccc(C)c(S(=O)(=O)C2(C(=O)Nc3ccc(S(=O)(=O)NC(C)C)cc3)CCCC2)c1. The van der Waals surface area contributed by atoms with E-state index in [4.69, 9.17) is 0 Å². The lowest BCUT2D eigenvalue weighted by atomic mass is 10.1. The van der Waals surface area contributed by atoms with Gasteiger partial charge in [0.25, 0.3) is 0 Å². The molecule has 3 rings (SSSR count). The monoisotopic (exact) mass is 478 g/mol. The van der Waals surface area contributed by atoms with Crippen molar-refractivity contribution in [3.63, 3.8) is 0 Å². The van der Waals surface area contributed by atoms with Gasteiger partial charge in [0.05, 0.1) is 9.79 Å². The minimum absolute atomic E-state index is 0.0720. The molecule has 0 spiro atoms. The summed E-state index contributed by atoms with van der Waals surface area (Å²) in [5.41, 5.74) is 1.78. The molecule has 2 N–H and O–H groups in total. The van der Waals surface area contributed by atoms with Gasteiger partial charge in [0.15, 0.2) is 14.6 Å². The molecule has 9 heteroatoms. The van der Waals surface area contributed by atoms with Crippen LogP contribution in [0.3, 0.4) is 0 Å². The van der Waals surface area contributed by atoms with E-state index >= 15 is 0 Å². The van der Waals surface area contributed by atoms with E-state index in [2.05, 4.69) is 10.0 Å². The summed E-state index contributed by atoms with van der Waals surface area (Å²) in [5, 5.41) is 2.72. The largest absolute Gasteiger partial charge is 0.325 e. The number of sulfonamides is 1. The molecule has 0 unspecified atom stereocenters. The summed E-state index contributed by atoms with van der Waals surface area (Å²) in [4.78, 5) is 13.6. The molecule has 0 bridgehead atoms. The van der Waals surface area contributed by atoms with Crippen molar-refractivity contribution in [2.45, 2.75) is 74.0 Å². The summed E-state index contributed by atoms with van der Waals surface area (Å²) in [6, 6.07) is 10.7. The molecule has 1 aliphatic carbocycles. The van der Waals surface area contributed by atoms with Crippen LogP contribution in [-0.4, -0.2) is 33.5 Å². The quantitative estimate of drug-likeness (QED) is 0.630. The number of carbonyl (C=O) groups excluding carboxylic acids is 1. The van der Waals surface area contributed by atoms with Gasteiger partial charge in [-0.1, -0.05) is 25.0 Å². The Kier molecular flexibility index (Phi) is 6.83. The van der Waals surface area contributed by atoms with Gasteiger partial charge in [-0.15, -0.1) is 0 Å². The summed E-state index contributed by atoms with van der Waals surface area (Å²) >= 11 is 0. The maximum absolute atomic E-state index is 13.7. The Balaban J connectivity index is 1.92. The summed E-state index contributed by atoms with van der Waals surface area (Å²) in [7, 11) is -7.59. The second kappa shape index (κ2) is 8.96. The molecule has 7 nitrogen and oxygen atoms in total. The number of amides is 1. The molecule has 1 amide bonds. The highest BCUT2D eigenvalue weighted by Crippen LogP contribution is 2.42. The van der Waals surface area contributed by atoms with E-state index in [0.717, 1.165) is 5.56 Å². The van der Waals surface area contributed by atoms with Crippen molar-refractivity contribution in [3.05, 3.63) is 53.6 Å². The molecule has 0 saturated heterocycles. The van der Waals surface area contributed by atoms with Gasteiger partial charge in [-0.3, -0.25) is 4.79 Å². The van der Waals surface area contributed by atoms with E-state index in [-0.39, 0.29) is 28.7 Å². The van der Waals surface area contributed by atoms with Gasteiger partial charge in [-0.25, -0.2) is 21.6 Å². The third-order valence-corrected chi connectivity index (χ3v) is 10.1. The zero-order valence-electron chi connectivity index (χ0n) is 18.8. The van der Waals surface area contributed by atoms with E-state index in [9.17, 15) is 21.6 Å². The van der Waals surface area contributed by atoms with Gasteiger partial charge in [0.2, 0.25) is 15.9 Å². The highest BCUT2D eigenvalue weighted by Gasteiger charge is 2.53. The summed E-state index contributed by atoms with van der Waals surface area (Å²) in [6.45, 7) is 7.01. The van der Waals surface area contributed by atoms with E-state index in [0.29, 0.717) is 24.1 Å². The fraction of sp³-hybridized carbons (Fsp3) is 0.435. The van der Waals surface area contributed by atoms with Crippen LogP contribution in [0, 0.1) is 13.8 Å². The van der Waals surface area contributed by atoms with Crippen molar-refractivity contribution in [2.24, 2.45) is 0 Å². The molecule has 0 radical (unpaired) electrons. The van der Waals surface area contributed by atoms with Gasteiger partial charge in [0.1, 0.15) is 0 Å². The average molecular weight is 479 g/mol. The number of hydrogen-bond donors (Lipinski definition) is 2. The van der Waals surface area contributed by atoms with Crippen LogP contribution < -0.4 is 10.0 Å². The number of hydrogen-bond acceptors (Lipinski definition) is 5. The molecule has 2 aromatic carbocycles. The maximum Gasteiger partial charge on any atom is 0.246 e. The molecule has 1 saturated carbocycles. The van der Waals surface area contributed by atoms with E-state index in [1.807, 2.05) is 13.0 Å². The number of aryl methyl sites for hydroxylation is 2. The number of benzene rings is 2. The van der Waals surface area contributed by atoms with E-state index in [1.54, 1.807) is 32.9 Å². The lowest BCUT2D eigenvalue weighted by Gasteiger charge is -2.28. The third-order valence-electron chi connectivity index (χ3n) is 5.79. The van der Waals surface area contributed by atoms with Crippen LogP contribution in [-0.2, 0) is 24.7 Å². The van der Waals surface area contributed by atoms with E-state index < -0.39 is 30.5 Å². The average Bonchev–Trinajstić information content (AvgIpc) is 3.21. The molecule has 174 valence electrons. The predicted octanol–water partition coefficient (Wildman–Crippen LogP) is 3.72. The number of sulfone groups is 1. The molecule has 0 aliphatic heterocycles. The lowest BCUT2D eigenvalue weighted by Crippen LogP contribution is -2.47. The number of carbonyl (C=O) groups is 1. The van der Waals surface area contributed by atoms with Gasteiger partial charge >= 0.3 is 0 Å². The highest BCUT2D eigenvalue weighted by atomic mass is 32.2. The van der Waals surface area contributed by atoms with Gasteiger partial charge in [-0.05, 0) is 82.0 Å². The Morgan fingerprint density at radius 3 is 2.09 bits per heavy atom. The number of nitrogens with one attached hydrogen (secondary N) is 2. The first kappa shape index (κ1) is 24.4. The van der Waals surface area contributed by atoms with E-state index in [1.165, 1.54) is 24.3 Å². The zero-order valence-corrected chi connectivity index (χ0v) is 20.4. The van der Waals surface area contributed by atoms with Crippen molar-refractivity contribution in [1.82, 2.24) is 4.72 Å². The van der Waals surface area contributed by atoms with Crippen LogP contribution >= 0.6 is 0 Å². The summed E-state index contributed by atoms with van der Waals surface area (Å²) in [5.74, 6) is -0.577. The molecular weight excluding hydrogens is 448 g/mol. The molecular formula is C23H30N2O5S2. The van der Waals surface area contributed by atoms with Crippen LogP contribution in [0.1, 0.15) is 50.7 Å². The second-order valence-electron chi connectivity index (χ2n) is 8.73. The minimum Gasteiger partial charge on any atom is -0.325 e. The van der Waals surface area contributed by atoms with Crippen molar-refractivity contribution in [1.29, 1.82) is 0 Å². The van der Waals surface area contributed by atoms with Crippen LogP contribution in [0.25, 0.3) is 0 Å². The Hall–Kier alpha value is -2.23. The van der Waals surface area contributed by atoms with Crippen molar-refractivity contribution >= 4 is 31.5 Å². The zero-order chi connectivity index (χ0) is 23.7. The molecule has 32 heavy (non-hydrogen) atoms. The van der Waals surface area contributed by atoms with Crippen molar-refractivity contribution < 1.29 is 21.6 Å². The normalized spacial score (nSPS) is 16.3. The Labute approximate surface area is 190 Å². The number of anilines is 1. The van der Waals surface area contributed by atoms with Crippen LogP contribution in [0.15, 0.2) is 52.3 Å². The highest BCUT2D eigenvalue weighted by molar-refractivity contribution is 7.93. The van der Waals surface area contributed by atoms with Crippen LogP contribution in [0.4, 0.5) is 5.69 Å². The first-order valence-electron chi connectivity index (χ1n) is 10.6. The minimum atomic E-state index is -3.94.